The number of nitrogens with one attached hydrogen (secondary N) is 1. The van der Waals surface area contributed by atoms with Crippen LogP contribution in [0.4, 0.5) is 5.69 Å². The molecule has 0 fully saturated rings. The van der Waals surface area contributed by atoms with E-state index in [4.69, 9.17) is 0 Å². The van der Waals surface area contributed by atoms with Gasteiger partial charge in [-0.25, -0.2) is 0 Å². The summed E-state index contributed by atoms with van der Waals surface area (Å²) >= 11 is 0. The fourth-order valence-electron chi connectivity index (χ4n) is 1.71. The van der Waals surface area contributed by atoms with Gasteiger partial charge in [0.25, 0.3) is 0 Å². The van der Waals surface area contributed by atoms with Crippen LogP contribution in [0.1, 0.15) is 12.0 Å². The number of aryl methyl sites for hydroxylation is 1. The van der Waals surface area contributed by atoms with Gasteiger partial charge in [0.1, 0.15) is 5.69 Å². The molecule has 1 aromatic rings. The second-order valence-electron chi connectivity index (χ2n) is 3.11. The highest BCUT2D eigenvalue weighted by Crippen LogP contribution is 2.15. The Kier molecular flexibility index (Phi) is 1.66. The van der Waals surface area contributed by atoms with E-state index in [1.165, 1.54) is 35.5 Å². The third-order valence-electron chi connectivity index (χ3n) is 2.32. The number of hydrogen-bond donors (Lipinski definition) is 1. The molecule has 0 aromatic heterocycles. The van der Waals surface area contributed by atoms with E-state index in [0.29, 0.717) is 0 Å². The van der Waals surface area contributed by atoms with Gasteiger partial charge in [-0.15, -0.1) is 7.05 Å². The Bertz CT molecular complexity index is 255. The Balaban J connectivity index is 2.44. The zero-order chi connectivity index (χ0) is 7.68. The van der Waals surface area contributed by atoms with Gasteiger partial charge in [0.2, 0.25) is 0 Å². The maximum Gasteiger partial charge on any atom is 0.108 e. The largest absolute Gasteiger partial charge is 0.435 e. The van der Waals surface area contributed by atoms with Crippen molar-refractivity contribution in [2.24, 2.45) is 0 Å². The number of hydrogen-bond acceptors (Lipinski definition) is 0. The predicted octanol–water partition coefficient (Wildman–Crippen LogP) is 0.941. The first-order chi connectivity index (χ1) is 5.38. The molecular weight excluding hydrogens is 134 g/mol. The lowest BCUT2D eigenvalue weighted by atomic mass is 10.0. The lowest BCUT2D eigenvalue weighted by Crippen LogP contribution is -3.02. The highest BCUT2D eigenvalue weighted by Gasteiger charge is 2.12. The summed E-state index contributed by atoms with van der Waals surface area (Å²) in [4.78, 5) is 1.31. The first kappa shape index (κ1) is 6.86. The van der Waals surface area contributed by atoms with E-state index in [-0.39, 0.29) is 0 Å². The van der Waals surface area contributed by atoms with Gasteiger partial charge in [0.05, 0.1) is 6.54 Å². The van der Waals surface area contributed by atoms with Crippen LogP contribution < -0.4 is 4.90 Å². The van der Waals surface area contributed by atoms with E-state index in [0.717, 1.165) is 0 Å². The Morgan fingerprint density at radius 1 is 1.27 bits per heavy atom. The molecule has 0 saturated heterocycles. The Morgan fingerprint density at radius 2 is 2.09 bits per heavy atom. The van der Waals surface area contributed by atoms with Crippen LogP contribution in [0.3, 0.4) is 0 Å². The molecule has 0 bridgehead atoms. The molecule has 1 unspecified atom stereocenters. The Labute approximate surface area is 67.6 Å². The van der Waals surface area contributed by atoms with E-state index in [1.54, 1.807) is 0 Å². The van der Waals surface area contributed by atoms with Crippen molar-refractivity contribution >= 4 is 5.69 Å². The van der Waals surface area contributed by atoms with Crippen molar-refractivity contribution in [2.45, 2.75) is 12.8 Å². The average Bonchev–Trinajstić information content (AvgIpc) is 2.06. The fraction of sp³-hybridized carbons (Fsp3) is 0.300. The molecule has 1 aliphatic rings. The molecule has 1 aliphatic heterocycles. The number of benzene rings is 1. The molecule has 0 spiro atoms. The van der Waals surface area contributed by atoms with Crippen molar-refractivity contribution in [3.63, 3.8) is 0 Å². The van der Waals surface area contributed by atoms with Crippen LogP contribution in [0.25, 0.3) is 0 Å². The van der Waals surface area contributed by atoms with Gasteiger partial charge in [-0.05, 0) is 18.9 Å². The molecule has 11 heavy (non-hydrogen) atoms. The van der Waals surface area contributed by atoms with Crippen molar-refractivity contribution in [2.75, 3.05) is 6.54 Å². The standard InChI is InChI=1S/C10H13N/c1-11-8-4-6-9-5-2-3-7-10(9)11/h2-3,5,7,11H,1,4,6,8H2. The maximum absolute atomic E-state index is 4.06. The van der Waals surface area contributed by atoms with Crippen molar-refractivity contribution < 1.29 is 4.90 Å². The molecule has 1 N–H and O–H groups in total. The van der Waals surface area contributed by atoms with Crippen LogP contribution in [0, 0.1) is 7.05 Å². The summed E-state index contributed by atoms with van der Waals surface area (Å²) in [6, 6.07) is 8.59. The van der Waals surface area contributed by atoms with E-state index < -0.39 is 0 Å². The monoisotopic (exact) mass is 147 g/mol. The minimum absolute atomic E-state index is 1.18. The summed E-state index contributed by atoms with van der Waals surface area (Å²) in [7, 11) is 4.06. The molecule has 1 heterocycles. The topological polar surface area (TPSA) is 4.44 Å². The van der Waals surface area contributed by atoms with E-state index >= 15 is 0 Å². The van der Waals surface area contributed by atoms with Crippen molar-refractivity contribution in [1.29, 1.82) is 0 Å². The third kappa shape index (κ3) is 1.16. The summed E-state index contributed by atoms with van der Waals surface area (Å²) in [6.07, 6.45) is 2.50. The molecule has 1 heteroatoms. The lowest BCUT2D eigenvalue weighted by molar-refractivity contribution is -0.785. The normalized spacial score (nSPS) is 22.8. The number of fused-ring (bicyclic) bond motifs is 1. The second-order valence-corrected chi connectivity index (χ2v) is 3.11. The van der Waals surface area contributed by atoms with Crippen LogP contribution in [0.15, 0.2) is 24.3 Å². The van der Waals surface area contributed by atoms with Crippen LogP contribution in [-0.2, 0) is 6.42 Å². The van der Waals surface area contributed by atoms with E-state index in [2.05, 4.69) is 31.3 Å². The van der Waals surface area contributed by atoms with Crippen LogP contribution in [-0.4, -0.2) is 6.54 Å². The Hall–Kier alpha value is -0.820. The summed E-state index contributed by atoms with van der Waals surface area (Å²) in [5, 5.41) is 0. The lowest BCUT2D eigenvalue weighted by Gasteiger charge is -2.27. The van der Waals surface area contributed by atoms with Gasteiger partial charge < -0.3 is 4.90 Å². The zero-order valence-electron chi connectivity index (χ0n) is 6.64. The SMILES string of the molecule is [CH2-][NH+]1CCCc2ccccc21. The highest BCUT2D eigenvalue weighted by molar-refractivity contribution is 5.40. The summed E-state index contributed by atoms with van der Waals surface area (Å²) in [6.45, 7) is 1.18. The van der Waals surface area contributed by atoms with E-state index in [9.17, 15) is 0 Å². The molecule has 0 aliphatic carbocycles. The molecular formula is C10H13N. The zero-order valence-corrected chi connectivity index (χ0v) is 6.64. The molecule has 1 aromatic carbocycles. The molecule has 0 radical (unpaired) electrons. The van der Waals surface area contributed by atoms with Gasteiger partial charge in [-0.3, -0.25) is 0 Å². The summed E-state index contributed by atoms with van der Waals surface area (Å²) < 4.78 is 0. The van der Waals surface area contributed by atoms with Crippen LogP contribution >= 0.6 is 0 Å². The minimum atomic E-state index is 1.18. The molecule has 58 valence electrons. The fourth-order valence-corrected chi connectivity index (χ4v) is 1.71. The number of para-hydroxylation sites is 1. The quantitative estimate of drug-likeness (QED) is 0.521. The minimum Gasteiger partial charge on any atom is -0.435 e. The van der Waals surface area contributed by atoms with Gasteiger partial charge in [0.15, 0.2) is 0 Å². The predicted molar refractivity (Wildman–Crippen MR) is 45.6 cm³/mol. The van der Waals surface area contributed by atoms with Crippen molar-refractivity contribution in [3.8, 4) is 0 Å². The molecule has 0 amide bonds. The summed E-state index contributed by atoms with van der Waals surface area (Å²) in [5.74, 6) is 0. The first-order valence-electron chi connectivity index (χ1n) is 4.14. The second kappa shape index (κ2) is 2.67. The molecule has 2 rings (SSSR count). The molecule has 1 nitrogen and oxygen atoms in total. The smallest absolute Gasteiger partial charge is 0.108 e. The number of quaternary nitrogens is 1. The maximum atomic E-state index is 4.06. The van der Waals surface area contributed by atoms with Gasteiger partial charge in [-0.1, -0.05) is 18.2 Å². The average molecular weight is 147 g/mol. The Morgan fingerprint density at radius 3 is 2.91 bits per heavy atom. The van der Waals surface area contributed by atoms with Gasteiger partial charge in [0, 0.05) is 5.56 Å². The summed E-state index contributed by atoms with van der Waals surface area (Å²) in [5.41, 5.74) is 2.86. The van der Waals surface area contributed by atoms with Crippen LogP contribution in [0.5, 0.6) is 0 Å². The number of rotatable bonds is 0. The van der Waals surface area contributed by atoms with Crippen molar-refractivity contribution in [1.82, 2.24) is 0 Å². The van der Waals surface area contributed by atoms with Crippen LogP contribution in [0.2, 0.25) is 0 Å². The molecule has 1 atom stereocenters. The first-order valence-corrected chi connectivity index (χ1v) is 4.14. The third-order valence-corrected chi connectivity index (χ3v) is 2.32. The van der Waals surface area contributed by atoms with Crippen molar-refractivity contribution in [3.05, 3.63) is 36.9 Å². The van der Waals surface area contributed by atoms with Gasteiger partial charge >= 0.3 is 0 Å². The van der Waals surface area contributed by atoms with Gasteiger partial charge in [-0.2, -0.15) is 0 Å². The highest BCUT2D eigenvalue weighted by atomic mass is 15.1. The molecule has 0 saturated carbocycles. The van der Waals surface area contributed by atoms with E-state index in [1.807, 2.05) is 0 Å².